The van der Waals surface area contributed by atoms with Crippen LogP contribution in [0.3, 0.4) is 0 Å². The SMILES string of the molecule is C=CC(NC(=O)C1NC(=O)C(CC(N)=O)NC(=O)C(NC(=O)C(=O)C(C)CC)Cc2ccc(O[Si](CC)(CC)CC)c(c2)-c2cccc3c2NC(=O)C3(O[Si](CC)(CC)CC)C1O[Si](CC)(CC)CC)[Si](CC)(CC)CC. The van der Waals surface area contributed by atoms with Crippen molar-refractivity contribution in [1.29, 1.82) is 0 Å². The number of rotatable bonds is 28. The molecule has 2 aromatic rings. The largest absolute Gasteiger partial charge is 0.543 e. The fourth-order valence-corrected chi connectivity index (χ4v) is 23.7. The average Bonchev–Trinajstić information content (AvgIpc) is 3.78. The van der Waals surface area contributed by atoms with Crippen molar-refractivity contribution in [3.05, 3.63) is 60.2 Å². The summed E-state index contributed by atoms with van der Waals surface area (Å²) in [6, 6.07) is 14.8. The number of hydrogen-bond donors (Lipinski definition) is 6. The van der Waals surface area contributed by atoms with E-state index in [-0.39, 0.29) is 6.42 Å². The molecule has 7 unspecified atom stereocenters. The lowest BCUT2D eigenvalue weighted by atomic mass is 9.83. The van der Waals surface area contributed by atoms with E-state index in [2.05, 4.69) is 95.5 Å². The zero-order valence-electron chi connectivity index (χ0n) is 49.0. The van der Waals surface area contributed by atoms with Gasteiger partial charge in [0, 0.05) is 34.7 Å². The summed E-state index contributed by atoms with van der Waals surface area (Å²) < 4.78 is 22.8. The van der Waals surface area contributed by atoms with Crippen molar-refractivity contribution in [3.8, 4) is 16.9 Å². The van der Waals surface area contributed by atoms with Crippen LogP contribution in [-0.4, -0.2) is 104 Å². The van der Waals surface area contributed by atoms with Gasteiger partial charge in [0.25, 0.3) is 20.1 Å². The van der Waals surface area contributed by atoms with Crippen LogP contribution >= 0.6 is 0 Å². The topological polar surface area (TPSA) is 233 Å². The summed E-state index contributed by atoms with van der Waals surface area (Å²) in [5.41, 5.74) is 5.90. The second kappa shape index (κ2) is 27.9. The molecule has 0 spiro atoms. The number of carbonyl (C=O) groups is 7. The number of nitrogens with two attached hydrogens (primary N) is 1. The van der Waals surface area contributed by atoms with Gasteiger partial charge in [-0.1, -0.05) is 145 Å². The summed E-state index contributed by atoms with van der Waals surface area (Å²) >= 11 is 0. The molecule has 0 saturated carbocycles. The van der Waals surface area contributed by atoms with Crippen LogP contribution in [-0.2, 0) is 54.4 Å². The Kier molecular flexibility index (Phi) is 23.5. The molecule has 0 fully saturated rings. The second-order valence-corrected chi connectivity index (χ2v) is 41.1. The summed E-state index contributed by atoms with van der Waals surface area (Å²) in [4.78, 5) is 103. The number of anilines is 1. The normalized spacial score (nSPS) is 21.0. The van der Waals surface area contributed by atoms with Gasteiger partial charge in [0.2, 0.25) is 29.4 Å². The smallest absolute Gasteiger partial charge is 0.288 e. The number of para-hydroxylation sites is 1. The molecule has 2 heterocycles. The standard InChI is InChI=1S/C57H94N6O10Si4/c1-16-38(15)50(65)55(69)60-43-36-39-33-34-45(71-75(21-6,22-7)23-8)41(35-39)40-31-30-32-42-48(40)63-56(70)57(42,73-77(27-12,28-13)29-14)51(72-76(24-9,25-10)26-11)49(62-53(67)44(37-46(58)64)59-52(43)66)54(68)61-47(17-2)74(18-3,19-4)20-5/h17,30-35,38,43-44,47,49,51H,2,16,18-29,36-37H2,1,3-15H3,(H2,58,64)(H,59,66)(H,60,69)(H,61,68)(H,62,67)(H,63,70). The molecule has 6 amide bonds. The van der Waals surface area contributed by atoms with Crippen LogP contribution in [0.25, 0.3) is 11.1 Å². The lowest BCUT2D eigenvalue weighted by Crippen LogP contribution is -2.70. The Labute approximate surface area is 464 Å². The number of benzene rings is 2. The molecule has 7 atom stereocenters. The van der Waals surface area contributed by atoms with Gasteiger partial charge in [-0.25, -0.2) is 0 Å². The Morgan fingerprint density at radius 2 is 1.32 bits per heavy atom. The molecule has 2 aliphatic heterocycles. The third-order valence-corrected chi connectivity index (χ3v) is 37.9. The van der Waals surface area contributed by atoms with E-state index in [1.54, 1.807) is 26.0 Å². The van der Waals surface area contributed by atoms with E-state index in [0.29, 0.717) is 76.4 Å². The Morgan fingerprint density at radius 3 is 1.83 bits per heavy atom. The van der Waals surface area contributed by atoms with Crippen LogP contribution in [0.1, 0.15) is 121 Å². The summed E-state index contributed by atoms with van der Waals surface area (Å²) in [5.74, 6) is -5.83. The van der Waals surface area contributed by atoms with Gasteiger partial charge in [-0.15, -0.1) is 6.58 Å². The van der Waals surface area contributed by atoms with Gasteiger partial charge in [-0.2, -0.15) is 0 Å². The second-order valence-electron chi connectivity index (χ2n) is 21.5. The molecule has 0 radical (unpaired) electrons. The Hall–Kier alpha value is -4.74. The van der Waals surface area contributed by atoms with E-state index in [1.807, 2.05) is 51.1 Å². The van der Waals surface area contributed by atoms with Gasteiger partial charge >= 0.3 is 0 Å². The number of carbonyl (C=O) groups excluding carboxylic acids is 7. The van der Waals surface area contributed by atoms with Gasteiger partial charge in [0.05, 0.1) is 20.2 Å². The van der Waals surface area contributed by atoms with Crippen molar-refractivity contribution in [2.24, 2.45) is 11.7 Å². The van der Waals surface area contributed by atoms with E-state index in [4.69, 9.17) is 19.0 Å². The van der Waals surface area contributed by atoms with Crippen molar-refractivity contribution < 1.29 is 46.8 Å². The molecule has 0 aromatic heterocycles. The van der Waals surface area contributed by atoms with Crippen molar-refractivity contribution in [2.75, 3.05) is 5.32 Å². The van der Waals surface area contributed by atoms with Crippen LogP contribution in [0.4, 0.5) is 5.69 Å². The number of Topliss-reactive ketones (excluding diaryl/α,β-unsaturated/α-hetero) is 1. The van der Waals surface area contributed by atoms with Gasteiger partial charge in [-0.05, 0) is 78.5 Å². The maximum Gasteiger partial charge on any atom is 0.288 e. The number of primary amides is 1. The minimum Gasteiger partial charge on any atom is -0.543 e. The molecule has 6 bridgehead atoms. The first-order chi connectivity index (χ1) is 36.5. The molecule has 7 N–H and O–H groups in total. The summed E-state index contributed by atoms with van der Waals surface area (Å²) in [5, 5.41) is 15.0. The van der Waals surface area contributed by atoms with Crippen LogP contribution in [0.5, 0.6) is 5.75 Å². The van der Waals surface area contributed by atoms with Crippen LogP contribution < -0.4 is 36.7 Å². The van der Waals surface area contributed by atoms with Crippen molar-refractivity contribution in [3.63, 3.8) is 0 Å². The van der Waals surface area contributed by atoms with E-state index < -0.39 is 122 Å². The molecular weight excluding hydrogens is 1040 g/mol. The molecule has 2 aliphatic rings. The number of amides is 6. The summed E-state index contributed by atoms with van der Waals surface area (Å²) in [6.07, 6.45) is -0.287. The number of ketones is 1. The Morgan fingerprint density at radius 1 is 0.753 bits per heavy atom. The lowest BCUT2D eigenvalue weighted by molar-refractivity contribution is -0.151. The van der Waals surface area contributed by atoms with E-state index in [9.17, 15) is 19.2 Å². The molecule has 2 aromatic carbocycles. The summed E-state index contributed by atoms with van der Waals surface area (Å²) in [7, 11) is -10.7. The highest BCUT2D eigenvalue weighted by Crippen LogP contribution is 2.52. The minimum atomic E-state index is -2.98. The molecule has 0 aliphatic carbocycles. The molecule has 16 nitrogen and oxygen atoms in total. The third kappa shape index (κ3) is 13.6. The van der Waals surface area contributed by atoms with Crippen molar-refractivity contribution in [2.45, 2.75) is 224 Å². The quantitative estimate of drug-likeness (QED) is 0.0268. The molecule has 77 heavy (non-hydrogen) atoms. The summed E-state index contributed by atoms with van der Waals surface area (Å²) in [6.45, 7) is 32.7. The highest BCUT2D eigenvalue weighted by molar-refractivity contribution is 6.81. The zero-order chi connectivity index (χ0) is 57.7. The number of nitrogens with one attached hydrogen (secondary N) is 5. The lowest BCUT2D eigenvalue weighted by Gasteiger charge is -2.48. The fraction of sp³-hybridized carbons (Fsp3) is 0.632. The molecular formula is C57H94N6O10Si4. The highest BCUT2D eigenvalue weighted by atomic mass is 28.4. The minimum absolute atomic E-state index is 0.174. The van der Waals surface area contributed by atoms with Gasteiger partial charge in [0.1, 0.15) is 30.0 Å². The van der Waals surface area contributed by atoms with Gasteiger partial charge < -0.3 is 45.6 Å². The first-order valence-corrected chi connectivity index (χ1v) is 39.1. The maximum atomic E-state index is 16.2. The average molecular weight is 1140 g/mol. The van der Waals surface area contributed by atoms with Gasteiger partial charge in [-0.3, -0.25) is 33.6 Å². The fourth-order valence-electron chi connectivity index (χ4n) is 11.6. The maximum absolute atomic E-state index is 16.2. The molecule has 20 heteroatoms. The van der Waals surface area contributed by atoms with Gasteiger partial charge in [0.15, 0.2) is 22.2 Å². The van der Waals surface area contributed by atoms with E-state index >= 15 is 14.4 Å². The number of hydrogen-bond acceptors (Lipinski definition) is 10. The van der Waals surface area contributed by atoms with E-state index in [1.165, 1.54) is 0 Å². The van der Waals surface area contributed by atoms with Crippen LogP contribution in [0.15, 0.2) is 49.1 Å². The molecule has 4 rings (SSSR count). The number of fused-ring (bicyclic) bond motifs is 3. The van der Waals surface area contributed by atoms with Crippen LogP contribution in [0, 0.1) is 5.92 Å². The van der Waals surface area contributed by atoms with E-state index in [0.717, 1.165) is 36.3 Å². The van der Waals surface area contributed by atoms with Crippen molar-refractivity contribution in [1.82, 2.24) is 21.3 Å². The van der Waals surface area contributed by atoms with Crippen LogP contribution in [0.2, 0.25) is 72.5 Å². The molecule has 428 valence electrons. The Balaban J connectivity index is 2.35. The third-order valence-electron chi connectivity index (χ3n) is 18.2. The predicted octanol–water partition coefficient (Wildman–Crippen LogP) is 9.52. The molecule has 0 saturated heterocycles. The van der Waals surface area contributed by atoms with Crippen molar-refractivity contribution >= 4 is 79.9 Å². The predicted molar refractivity (Wildman–Crippen MR) is 317 cm³/mol. The first-order valence-electron chi connectivity index (χ1n) is 28.9. The first kappa shape index (κ1) is 64.8. The highest BCUT2D eigenvalue weighted by Gasteiger charge is 2.63. The Bertz CT molecular complexity index is 2410. The zero-order valence-corrected chi connectivity index (χ0v) is 53.0. The monoisotopic (exact) mass is 1130 g/mol.